The monoisotopic (exact) mass is 480 g/mol. The number of rotatable bonds is 6. The van der Waals surface area contributed by atoms with E-state index in [2.05, 4.69) is 26.8 Å². The van der Waals surface area contributed by atoms with E-state index < -0.39 is 5.82 Å². The van der Waals surface area contributed by atoms with Gasteiger partial charge in [-0.25, -0.2) is 19.3 Å². The molecule has 3 aliphatic rings. The van der Waals surface area contributed by atoms with Crippen molar-refractivity contribution in [2.75, 3.05) is 23.3 Å². The summed E-state index contributed by atoms with van der Waals surface area (Å²) in [5.41, 5.74) is 1.34. The van der Waals surface area contributed by atoms with Gasteiger partial charge < -0.3 is 19.9 Å². The summed E-state index contributed by atoms with van der Waals surface area (Å²) in [4.78, 5) is 29.6. The van der Waals surface area contributed by atoms with Crippen molar-refractivity contribution in [1.29, 1.82) is 0 Å². The van der Waals surface area contributed by atoms with Crippen LogP contribution in [0.1, 0.15) is 19.3 Å². The molecule has 1 aromatic carbocycles. The van der Waals surface area contributed by atoms with E-state index in [1.54, 1.807) is 12.1 Å². The number of nitrogens with zero attached hydrogens (tertiary/aromatic N) is 5. The molecule has 34 heavy (non-hydrogen) atoms. The lowest BCUT2D eigenvalue weighted by atomic mass is 10.2. The number of pyridine rings is 1. The van der Waals surface area contributed by atoms with E-state index in [4.69, 9.17) is 21.3 Å². The summed E-state index contributed by atoms with van der Waals surface area (Å²) in [5, 5.41) is 2.96. The van der Waals surface area contributed by atoms with Crippen LogP contribution >= 0.6 is 11.6 Å². The molecule has 3 fully saturated rings. The summed E-state index contributed by atoms with van der Waals surface area (Å²) in [7, 11) is 0. The molecule has 0 radical (unpaired) electrons. The zero-order valence-electron chi connectivity index (χ0n) is 18.2. The fourth-order valence-electron chi connectivity index (χ4n) is 4.73. The predicted octanol–water partition coefficient (Wildman–Crippen LogP) is 4.08. The summed E-state index contributed by atoms with van der Waals surface area (Å²) in [6.45, 7) is 4.94. The number of likely N-dealkylation sites (tertiary alicyclic amines) is 1. The number of hydrogen-bond acceptors (Lipinski definition) is 7. The molecule has 6 rings (SSSR count). The van der Waals surface area contributed by atoms with Crippen LogP contribution in [-0.4, -0.2) is 57.0 Å². The minimum Gasteiger partial charge on any atom is -0.489 e. The lowest BCUT2D eigenvalue weighted by Crippen LogP contribution is -2.48. The van der Waals surface area contributed by atoms with Crippen LogP contribution in [0.15, 0.2) is 43.2 Å². The maximum absolute atomic E-state index is 15.0. The molecule has 8 nitrogen and oxygen atoms in total. The summed E-state index contributed by atoms with van der Waals surface area (Å²) < 4.78 is 20.7. The molecule has 2 atom stereocenters. The topological polar surface area (TPSA) is 83.5 Å². The molecule has 0 unspecified atom stereocenters. The third kappa shape index (κ3) is 3.60. The highest BCUT2D eigenvalue weighted by atomic mass is 35.5. The summed E-state index contributed by atoms with van der Waals surface area (Å²) in [6, 6.07) is 7.37. The first-order valence-corrected chi connectivity index (χ1v) is 11.6. The molecule has 2 aliphatic heterocycles. The fourth-order valence-corrected chi connectivity index (χ4v) is 4.94. The molecule has 2 bridgehead atoms. The van der Waals surface area contributed by atoms with Crippen LogP contribution in [0.5, 0.6) is 5.75 Å². The van der Waals surface area contributed by atoms with Crippen LogP contribution in [0.3, 0.4) is 0 Å². The van der Waals surface area contributed by atoms with Gasteiger partial charge in [0.05, 0.1) is 29.4 Å². The number of anilines is 3. The molecule has 1 amide bonds. The number of carbonyl (C=O) groups excluding carboxylic acids is 1. The van der Waals surface area contributed by atoms with E-state index >= 15 is 0 Å². The van der Waals surface area contributed by atoms with Crippen molar-refractivity contribution in [3.8, 4) is 5.75 Å². The van der Waals surface area contributed by atoms with E-state index in [-0.39, 0.29) is 34.8 Å². The number of benzene rings is 1. The quantitative estimate of drug-likeness (QED) is 0.532. The van der Waals surface area contributed by atoms with Gasteiger partial charge in [0.15, 0.2) is 11.6 Å². The molecule has 10 heteroatoms. The molecular weight excluding hydrogens is 459 g/mol. The molecule has 0 spiro atoms. The number of amides is 1. The predicted molar refractivity (Wildman–Crippen MR) is 127 cm³/mol. The number of carbonyl (C=O) groups is 1. The lowest BCUT2D eigenvalue weighted by molar-refractivity contribution is -0.127. The van der Waals surface area contributed by atoms with Gasteiger partial charge >= 0.3 is 0 Å². The Kier molecular flexibility index (Phi) is 5.02. The first kappa shape index (κ1) is 21.1. The molecule has 174 valence electrons. The standard InChI is InChI=1S/C24H22ClFN6O2/c1-2-20(33)32-11-13-9-14(32)10-31(13)19-8-6-17-23(30-19)24(28-12-27-17)29-16-5-7-18(21(25)22(16)26)34-15-3-4-15/h2,5-8,12-15H,1,3-4,9-11H2,(H,27,28,29)/t13-,14-/m0/s1. The maximum Gasteiger partial charge on any atom is 0.246 e. The zero-order valence-corrected chi connectivity index (χ0v) is 19.0. The number of piperazine rings is 1. The molecular formula is C24H22ClFN6O2. The van der Waals surface area contributed by atoms with Crippen molar-refractivity contribution in [1.82, 2.24) is 19.9 Å². The third-order valence-corrected chi connectivity index (χ3v) is 6.93. The smallest absolute Gasteiger partial charge is 0.246 e. The Bertz CT molecular complexity index is 1320. The average Bonchev–Trinajstić information content (AvgIpc) is 3.44. The van der Waals surface area contributed by atoms with Gasteiger partial charge in [0, 0.05) is 13.1 Å². The molecule has 1 N–H and O–H groups in total. The summed E-state index contributed by atoms with van der Waals surface area (Å²) in [5.74, 6) is 0.855. The number of hydrogen-bond donors (Lipinski definition) is 1. The van der Waals surface area contributed by atoms with E-state index in [0.29, 0.717) is 35.7 Å². The second-order valence-electron chi connectivity index (χ2n) is 8.83. The number of halogens is 2. The van der Waals surface area contributed by atoms with Crippen molar-refractivity contribution in [2.45, 2.75) is 37.5 Å². The Labute approximate surface area is 200 Å². The Balaban J connectivity index is 1.28. The maximum atomic E-state index is 15.0. The van der Waals surface area contributed by atoms with Crippen LogP contribution < -0.4 is 15.0 Å². The number of ether oxygens (including phenoxy) is 1. The first-order valence-electron chi connectivity index (χ1n) is 11.2. The molecule has 1 aliphatic carbocycles. The Morgan fingerprint density at radius 3 is 2.79 bits per heavy atom. The highest BCUT2D eigenvalue weighted by Gasteiger charge is 2.45. The van der Waals surface area contributed by atoms with Crippen LogP contribution in [0.2, 0.25) is 5.02 Å². The van der Waals surface area contributed by atoms with Gasteiger partial charge in [0.1, 0.15) is 28.4 Å². The number of aromatic nitrogens is 3. The minimum atomic E-state index is -0.605. The van der Waals surface area contributed by atoms with E-state index in [1.807, 2.05) is 17.0 Å². The van der Waals surface area contributed by atoms with Gasteiger partial charge in [-0.05, 0) is 49.6 Å². The SMILES string of the molecule is C=CC(=O)N1C[C@@H]2C[C@H]1CN2c1ccc2ncnc(Nc3ccc(OC4CC4)c(Cl)c3F)c2n1. The van der Waals surface area contributed by atoms with Crippen LogP contribution in [0.4, 0.5) is 21.7 Å². The normalized spacial score (nSPS) is 21.2. The van der Waals surface area contributed by atoms with Crippen LogP contribution in [-0.2, 0) is 4.79 Å². The Morgan fingerprint density at radius 2 is 2.06 bits per heavy atom. The van der Waals surface area contributed by atoms with Gasteiger partial charge in [-0.15, -0.1) is 0 Å². The molecule has 2 saturated heterocycles. The van der Waals surface area contributed by atoms with Gasteiger partial charge in [-0.2, -0.15) is 0 Å². The third-order valence-electron chi connectivity index (χ3n) is 6.58. The van der Waals surface area contributed by atoms with Gasteiger partial charge in [-0.3, -0.25) is 4.79 Å². The average molecular weight is 481 g/mol. The molecule has 3 aromatic rings. The molecule has 2 aromatic heterocycles. The Morgan fingerprint density at radius 1 is 1.21 bits per heavy atom. The largest absolute Gasteiger partial charge is 0.489 e. The van der Waals surface area contributed by atoms with Crippen molar-refractivity contribution in [3.63, 3.8) is 0 Å². The van der Waals surface area contributed by atoms with Gasteiger partial charge in [0.25, 0.3) is 0 Å². The number of fused-ring (bicyclic) bond motifs is 3. The minimum absolute atomic E-state index is 0.0345. The fraction of sp³-hybridized carbons (Fsp3) is 0.333. The van der Waals surface area contributed by atoms with Crippen molar-refractivity contribution in [2.24, 2.45) is 0 Å². The van der Waals surface area contributed by atoms with E-state index in [9.17, 15) is 9.18 Å². The highest BCUT2D eigenvalue weighted by Crippen LogP contribution is 2.38. The van der Waals surface area contributed by atoms with Crippen LogP contribution in [0.25, 0.3) is 11.0 Å². The molecule has 4 heterocycles. The van der Waals surface area contributed by atoms with Crippen LogP contribution in [0, 0.1) is 5.82 Å². The van der Waals surface area contributed by atoms with Gasteiger partial charge in [0.2, 0.25) is 5.91 Å². The zero-order chi connectivity index (χ0) is 23.4. The second-order valence-corrected chi connectivity index (χ2v) is 9.21. The van der Waals surface area contributed by atoms with Gasteiger partial charge in [-0.1, -0.05) is 18.2 Å². The van der Waals surface area contributed by atoms with E-state index in [0.717, 1.165) is 25.1 Å². The second kappa shape index (κ2) is 8.09. The summed E-state index contributed by atoms with van der Waals surface area (Å²) >= 11 is 6.22. The number of nitrogens with one attached hydrogen (secondary N) is 1. The summed E-state index contributed by atoms with van der Waals surface area (Å²) in [6.07, 6.45) is 5.71. The van der Waals surface area contributed by atoms with Crippen molar-refractivity contribution < 1.29 is 13.9 Å². The van der Waals surface area contributed by atoms with Crippen molar-refractivity contribution in [3.05, 3.63) is 54.1 Å². The lowest BCUT2D eigenvalue weighted by Gasteiger charge is -2.34. The molecule has 1 saturated carbocycles. The Hall–Kier alpha value is -3.46. The first-order chi connectivity index (χ1) is 16.5. The van der Waals surface area contributed by atoms with E-state index in [1.165, 1.54) is 12.4 Å². The van der Waals surface area contributed by atoms with Crippen molar-refractivity contribution >= 4 is 45.9 Å². The highest BCUT2D eigenvalue weighted by molar-refractivity contribution is 6.32.